The Morgan fingerprint density at radius 2 is 1.18 bits per heavy atom. The highest BCUT2D eigenvalue weighted by atomic mass is 16.2. The second-order valence-corrected chi connectivity index (χ2v) is 4.59. The number of rotatable bonds is 11. The molecule has 0 atom stereocenters. The van der Waals surface area contributed by atoms with Crippen LogP contribution in [-0.2, 0) is 9.59 Å². The van der Waals surface area contributed by atoms with E-state index in [0.717, 1.165) is 25.7 Å². The van der Waals surface area contributed by atoms with Gasteiger partial charge in [-0.05, 0) is 38.8 Å². The zero-order valence-electron chi connectivity index (χ0n) is 13.4. The lowest BCUT2D eigenvalue weighted by atomic mass is 10.1. The molecule has 0 bridgehead atoms. The SMILES string of the molecule is C/C=C/C=N/NC(=O)CCCCCCC(=O)N/N=C/C=C/C. The summed E-state index contributed by atoms with van der Waals surface area (Å²) in [6, 6.07) is 0. The van der Waals surface area contributed by atoms with Crippen LogP contribution in [0.3, 0.4) is 0 Å². The Bertz CT molecular complexity index is 386. The summed E-state index contributed by atoms with van der Waals surface area (Å²) in [5.41, 5.74) is 4.91. The lowest BCUT2D eigenvalue weighted by Gasteiger charge is -2.01. The molecular weight excluding hydrogens is 280 g/mol. The van der Waals surface area contributed by atoms with Gasteiger partial charge in [-0.25, -0.2) is 10.9 Å². The molecule has 0 spiro atoms. The second-order valence-electron chi connectivity index (χ2n) is 4.59. The number of nitrogens with zero attached hydrogens (tertiary/aromatic N) is 2. The Morgan fingerprint density at radius 3 is 1.55 bits per heavy atom. The average Bonchev–Trinajstić information content (AvgIpc) is 2.51. The van der Waals surface area contributed by atoms with E-state index in [-0.39, 0.29) is 11.8 Å². The summed E-state index contributed by atoms with van der Waals surface area (Å²) in [6.07, 6.45) is 14.6. The van der Waals surface area contributed by atoms with E-state index in [1.807, 2.05) is 26.0 Å². The molecule has 6 heteroatoms. The first-order valence-corrected chi connectivity index (χ1v) is 7.57. The van der Waals surface area contributed by atoms with E-state index in [9.17, 15) is 9.59 Å². The van der Waals surface area contributed by atoms with Crippen molar-refractivity contribution < 1.29 is 9.59 Å². The molecule has 0 radical (unpaired) electrons. The minimum atomic E-state index is -0.0863. The van der Waals surface area contributed by atoms with Gasteiger partial charge in [0.1, 0.15) is 0 Å². The van der Waals surface area contributed by atoms with Crippen LogP contribution in [0.15, 0.2) is 34.5 Å². The zero-order chi connectivity index (χ0) is 16.5. The molecule has 6 nitrogen and oxygen atoms in total. The van der Waals surface area contributed by atoms with Crippen LogP contribution in [-0.4, -0.2) is 24.2 Å². The summed E-state index contributed by atoms with van der Waals surface area (Å²) in [5, 5.41) is 7.52. The molecule has 122 valence electrons. The number of carbonyl (C=O) groups excluding carboxylic acids is 2. The number of hydrogen-bond donors (Lipinski definition) is 2. The van der Waals surface area contributed by atoms with Crippen molar-refractivity contribution in [2.24, 2.45) is 10.2 Å². The van der Waals surface area contributed by atoms with Gasteiger partial charge in [0, 0.05) is 25.3 Å². The van der Waals surface area contributed by atoms with Crippen molar-refractivity contribution in [1.82, 2.24) is 10.9 Å². The van der Waals surface area contributed by atoms with Crippen LogP contribution in [0, 0.1) is 0 Å². The first-order valence-electron chi connectivity index (χ1n) is 7.57. The van der Waals surface area contributed by atoms with E-state index in [0.29, 0.717) is 12.8 Å². The monoisotopic (exact) mass is 306 g/mol. The zero-order valence-corrected chi connectivity index (χ0v) is 13.4. The quantitative estimate of drug-likeness (QED) is 0.349. The molecule has 0 rings (SSSR count). The molecule has 0 aliphatic rings. The predicted molar refractivity (Wildman–Crippen MR) is 90.6 cm³/mol. The number of unbranched alkanes of at least 4 members (excludes halogenated alkanes) is 3. The lowest BCUT2D eigenvalue weighted by Crippen LogP contribution is -2.17. The van der Waals surface area contributed by atoms with Gasteiger partial charge in [0.25, 0.3) is 0 Å². The standard InChI is InChI=1S/C16H26N4O2/c1-3-5-13-17-19-15(21)11-9-7-8-10-12-16(22)20-18-14-6-4-2/h3-6,13-14H,7-12H2,1-2H3,(H,19,21)(H,20,22)/b5-3+,6-4+,17-13+,18-14+. The largest absolute Gasteiger partial charge is 0.273 e. The van der Waals surface area contributed by atoms with Crippen LogP contribution in [0.5, 0.6) is 0 Å². The van der Waals surface area contributed by atoms with Crippen LogP contribution >= 0.6 is 0 Å². The predicted octanol–water partition coefficient (Wildman–Crippen LogP) is 2.68. The van der Waals surface area contributed by atoms with Crippen LogP contribution < -0.4 is 10.9 Å². The minimum absolute atomic E-state index is 0.0863. The average molecular weight is 306 g/mol. The van der Waals surface area contributed by atoms with Crippen molar-refractivity contribution in [2.45, 2.75) is 52.4 Å². The summed E-state index contributed by atoms with van der Waals surface area (Å²) in [7, 11) is 0. The summed E-state index contributed by atoms with van der Waals surface area (Å²) in [5.74, 6) is -0.173. The van der Waals surface area contributed by atoms with E-state index >= 15 is 0 Å². The summed E-state index contributed by atoms with van der Waals surface area (Å²) in [4.78, 5) is 22.8. The van der Waals surface area contributed by atoms with Gasteiger partial charge in [-0.3, -0.25) is 9.59 Å². The molecule has 0 saturated carbocycles. The third-order valence-corrected chi connectivity index (χ3v) is 2.64. The van der Waals surface area contributed by atoms with Gasteiger partial charge >= 0.3 is 0 Å². The van der Waals surface area contributed by atoms with E-state index in [1.165, 1.54) is 12.4 Å². The second kappa shape index (κ2) is 15.2. The molecule has 22 heavy (non-hydrogen) atoms. The third kappa shape index (κ3) is 14.2. The van der Waals surface area contributed by atoms with Gasteiger partial charge < -0.3 is 0 Å². The maximum absolute atomic E-state index is 11.4. The molecular formula is C16H26N4O2. The van der Waals surface area contributed by atoms with E-state index in [4.69, 9.17) is 0 Å². The van der Waals surface area contributed by atoms with Crippen molar-refractivity contribution in [3.63, 3.8) is 0 Å². The van der Waals surface area contributed by atoms with Gasteiger partial charge in [0.15, 0.2) is 0 Å². The normalized spacial score (nSPS) is 11.9. The number of carbonyl (C=O) groups is 2. The molecule has 0 heterocycles. The van der Waals surface area contributed by atoms with Crippen LogP contribution in [0.25, 0.3) is 0 Å². The first-order chi connectivity index (χ1) is 10.7. The van der Waals surface area contributed by atoms with E-state index in [1.54, 1.807) is 12.2 Å². The van der Waals surface area contributed by atoms with E-state index < -0.39 is 0 Å². The molecule has 0 aromatic rings. The van der Waals surface area contributed by atoms with Crippen LogP contribution in [0.1, 0.15) is 52.4 Å². The van der Waals surface area contributed by atoms with Gasteiger partial charge in [0.2, 0.25) is 11.8 Å². The van der Waals surface area contributed by atoms with Gasteiger partial charge in [-0.1, -0.05) is 25.0 Å². The third-order valence-electron chi connectivity index (χ3n) is 2.64. The highest BCUT2D eigenvalue weighted by Crippen LogP contribution is 2.05. The maximum Gasteiger partial charge on any atom is 0.240 e. The van der Waals surface area contributed by atoms with Gasteiger partial charge in [-0.15, -0.1) is 0 Å². The number of hydrazone groups is 2. The molecule has 0 aromatic heterocycles. The highest BCUT2D eigenvalue weighted by Gasteiger charge is 2.01. The molecule has 0 fully saturated rings. The van der Waals surface area contributed by atoms with Gasteiger partial charge in [-0.2, -0.15) is 10.2 Å². The fourth-order valence-electron chi connectivity index (χ4n) is 1.51. The molecule has 0 unspecified atom stereocenters. The molecule has 2 N–H and O–H groups in total. The minimum Gasteiger partial charge on any atom is -0.273 e. The fraction of sp³-hybridized carbons (Fsp3) is 0.500. The van der Waals surface area contributed by atoms with E-state index in [2.05, 4.69) is 21.1 Å². The van der Waals surface area contributed by atoms with Crippen molar-refractivity contribution in [3.05, 3.63) is 24.3 Å². The summed E-state index contributed by atoms with van der Waals surface area (Å²) >= 11 is 0. The number of nitrogens with one attached hydrogen (secondary N) is 2. The maximum atomic E-state index is 11.4. The number of hydrogen-bond acceptors (Lipinski definition) is 4. The Kier molecular flexibility index (Phi) is 13.6. The molecule has 0 aliphatic carbocycles. The van der Waals surface area contributed by atoms with Gasteiger partial charge in [0.05, 0.1) is 0 Å². The Hall–Kier alpha value is -2.24. The Balaban J connectivity index is 3.49. The molecule has 0 saturated heterocycles. The van der Waals surface area contributed by atoms with Crippen molar-refractivity contribution in [1.29, 1.82) is 0 Å². The summed E-state index contributed by atoms with van der Waals surface area (Å²) in [6.45, 7) is 3.76. The van der Waals surface area contributed by atoms with Crippen molar-refractivity contribution >= 4 is 24.2 Å². The Labute approximate surface area is 132 Å². The fourth-order valence-corrected chi connectivity index (χ4v) is 1.51. The topological polar surface area (TPSA) is 82.9 Å². The Morgan fingerprint density at radius 1 is 0.773 bits per heavy atom. The smallest absolute Gasteiger partial charge is 0.240 e. The van der Waals surface area contributed by atoms with Crippen molar-refractivity contribution in [3.8, 4) is 0 Å². The molecule has 0 aromatic carbocycles. The molecule has 0 aliphatic heterocycles. The van der Waals surface area contributed by atoms with Crippen molar-refractivity contribution in [2.75, 3.05) is 0 Å². The highest BCUT2D eigenvalue weighted by molar-refractivity contribution is 5.79. The number of amides is 2. The summed E-state index contributed by atoms with van der Waals surface area (Å²) < 4.78 is 0. The lowest BCUT2D eigenvalue weighted by molar-refractivity contribution is -0.122. The molecule has 2 amide bonds. The van der Waals surface area contributed by atoms with Crippen LogP contribution in [0.2, 0.25) is 0 Å². The van der Waals surface area contributed by atoms with Crippen LogP contribution in [0.4, 0.5) is 0 Å². The number of allylic oxidation sites excluding steroid dienone is 4. The first kappa shape index (κ1) is 19.8.